The van der Waals surface area contributed by atoms with Crippen molar-refractivity contribution in [1.82, 2.24) is 4.31 Å². The van der Waals surface area contributed by atoms with Gasteiger partial charge in [-0.15, -0.1) is 0 Å². The Hall–Kier alpha value is -0.0900. The third kappa shape index (κ3) is 2.28. The van der Waals surface area contributed by atoms with Crippen LogP contribution >= 0.6 is 0 Å². The first-order chi connectivity index (χ1) is 3.48. The van der Waals surface area contributed by atoms with Gasteiger partial charge in [0.25, 0.3) is 0 Å². The van der Waals surface area contributed by atoms with Crippen molar-refractivity contribution in [2.24, 2.45) is 0 Å². The summed E-state index contributed by atoms with van der Waals surface area (Å²) >= 11 is 0. The van der Waals surface area contributed by atoms with Crippen LogP contribution in [0.15, 0.2) is 0 Å². The highest BCUT2D eigenvalue weighted by molar-refractivity contribution is 7.88. The third-order valence-corrected chi connectivity index (χ3v) is 2.40. The fourth-order valence-electron chi connectivity index (χ4n) is 0.235. The summed E-state index contributed by atoms with van der Waals surface area (Å²) in [6.45, 7) is 2.33. The Kier molecular flexibility index (Phi) is 2.43. The van der Waals surface area contributed by atoms with Crippen molar-refractivity contribution in [2.45, 2.75) is 6.92 Å². The number of hydrogen-bond acceptors (Lipinski definition) is 2. The molecule has 0 rings (SSSR count). The van der Waals surface area contributed by atoms with E-state index in [1.807, 2.05) is 0 Å². The minimum absolute atomic E-state index is 0.541. The molecule has 0 aromatic carbocycles. The van der Waals surface area contributed by atoms with Crippen LogP contribution in [0.25, 0.3) is 0 Å². The lowest BCUT2D eigenvalue weighted by Gasteiger charge is -2.08. The predicted molar refractivity (Wildman–Crippen MR) is 33.1 cm³/mol. The number of rotatable bonds is 2. The maximum absolute atomic E-state index is 10.5. The Bertz CT molecular complexity index is 149. The van der Waals surface area contributed by atoms with Crippen LogP contribution in [0.4, 0.5) is 0 Å². The molecule has 0 saturated carbocycles. The molecule has 0 aromatic rings. The van der Waals surface area contributed by atoms with Gasteiger partial charge >= 0.3 is 0 Å². The van der Waals surface area contributed by atoms with Gasteiger partial charge in [-0.3, -0.25) is 0 Å². The van der Waals surface area contributed by atoms with E-state index in [1.165, 1.54) is 10.6 Å². The van der Waals surface area contributed by atoms with Crippen molar-refractivity contribution in [1.29, 1.82) is 0 Å². The Labute approximate surface area is 50.4 Å². The van der Waals surface area contributed by atoms with Crippen LogP contribution in [0.1, 0.15) is 6.92 Å². The van der Waals surface area contributed by atoms with Crippen LogP contribution in [0.3, 0.4) is 0 Å². The average Bonchev–Trinajstić information content (AvgIpc) is 1.62. The molecule has 0 saturated heterocycles. The largest absolute Gasteiger partial charge is 0.213 e. The molecular weight excluding hydrogens is 126 g/mol. The van der Waals surface area contributed by atoms with E-state index in [1.54, 1.807) is 14.0 Å². The second kappa shape index (κ2) is 2.46. The van der Waals surface area contributed by atoms with Crippen molar-refractivity contribution in [3.05, 3.63) is 0 Å². The van der Waals surface area contributed by atoms with E-state index in [0.29, 0.717) is 6.54 Å². The standard InChI is InChI=1S/C4H11NO2S/c1-4-5(2)8(3,6)7/h4H2,1-3H3. The fraction of sp³-hybridized carbons (Fsp3) is 1.00. The Morgan fingerprint density at radius 2 is 1.88 bits per heavy atom. The molecule has 0 aromatic heterocycles. The van der Waals surface area contributed by atoms with Crippen molar-refractivity contribution in [2.75, 3.05) is 19.8 Å². The van der Waals surface area contributed by atoms with Gasteiger partial charge in [0.2, 0.25) is 10.0 Å². The van der Waals surface area contributed by atoms with Crippen molar-refractivity contribution in [3.8, 4) is 0 Å². The van der Waals surface area contributed by atoms with E-state index in [9.17, 15) is 8.42 Å². The first-order valence-electron chi connectivity index (χ1n) is 2.39. The number of nitrogens with zero attached hydrogens (tertiary/aromatic N) is 1. The quantitative estimate of drug-likeness (QED) is 0.533. The highest BCUT2D eigenvalue weighted by Gasteiger charge is 2.05. The maximum Gasteiger partial charge on any atom is 0.210 e. The molecule has 0 fully saturated rings. The topological polar surface area (TPSA) is 37.4 Å². The summed E-state index contributed by atoms with van der Waals surface area (Å²) in [6.07, 6.45) is 1.19. The summed E-state index contributed by atoms with van der Waals surface area (Å²) in [5, 5.41) is 0. The molecule has 8 heavy (non-hydrogen) atoms. The van der Waals surface area contributed by atoms with Gasteiger partial charge in [-0.25, -0.2) is 12.7 Å². The van der Waals surface area contributed by atoms with E-state index in [-0.39, 0.29) is 0 Å². The molecule has 0 aliphatic rings. The van der Waals surface area contributed by atoms with Crippen LogP contribution in [0, 0.1) is 0 Å². The molecule has 0 aliphatic heterocycles. The molecule has 0 radical (unpaired) electrons. The molecule has 4 heteroatoms. The summed E-state index contributed by atoms with van der Waals surface area (Å²) in [4.78, 5) is 0. The summed E-state index contributed by atoms with van der Waals surface area (Å²) in [5.74, 6) is 0. The maximum atomic E-state index is 10.5. The molecule has 0 spiro atoms. The second-order valence-electron chi connectivity index (χ2n) is 1.68. The lowest BCUT2D eigenvalue weighted by molar-refractivity contribution is 0.492. The van der Waals surface area contributed by atoms with Gasteiger partial charge in [0.15, 0.2) is 0 Å². The lowest BCUT2D eigenvalue weighted by atomic mass is 10.8. The molecule has 0 amide bonds. The SMILES string of the molecule is CCN(C)S(C)(=O)=O. The number of sulfonamides is 1. The van der Waals surface area contributed by atoms with Crippen molar-refractivity contribution >= 4 is 10.0 Å². The lowest BCUT2D eigenvalue weighted by Crippen LogP contribution is -2.24. The van der Waals surface area contributed by atoms with Gasteiger partial charge in [-0.1, -0.05) is 6.92 Å². The average molecular weight is 137 g/mol. The van der Waals surface area contributed by atoms with Crippen LogP contribution in [0.5, 0.6) is 0 Å². The van der Waals surface area contributed by atoms with Crippen LogP contribution in [0.2, 0.25) is 0 Å². The highest BCUT2D eigenvalue weighted by atomic mass is 32.2. The first-order valence-corrected chi connectivity index (χ1v) is 4.24. The van der Waals surface area contributed by atoms with Crippen molar-refractivity contribution < 1.29 is 8.42 Å². The summed E-state index contributed by atoms with van der Waals surface area (Å²) < 4.78 is 22.3. The van der Waals surface area contributed by atoms with Crippen LogP contribution in [-0.2, 0) is 10.0 Å². The molecular formula is C4H11NO2S. The zero-order chi connectivity index (χ0) is 6.78. The predicted octanol–water partition coefficient (Wildman–Crippen LogP) is -0.102. The van der Waals surface area contributed by atoms with Crippen LogP contribution < -0.4 is 0 Å². The van der Waals surface area contributed by atoms with E-state index in [2.05, 4.69) is 0 Å². The molecule has 0 atom stereocenters. The molecule has 0 bridgehead atoms. The minimum atomic E-state index is -2.92. The highest BCUT2D eigenvalue weighted by Crippen LogP contribution is 1.88. The van der Waals surface area contributed by atoms with Gasteiger partial charge in [-0.05, 0) is 0 Å². The van der Waals surface area contributed by atoms with E-state index in [4.69, 9.17) is 0 Å². The van der Waals surface area contributed by atoms with Gasteiger partial charge in [0.1, 0.15) is 0 Å². The fourth-order valence-corrected chi connectivity index (χ4v) is 0.704. The van der Waals surface area contributed by atoms with E-state index < -0.39 is 10.0 Å². The smallest absolute Gasteiger partial charge is 0.210 e. The second-order valence-corrected chi connectivity index (χ2v) is 3.77. The number of hydrogen-bond donors (Lipinski definition) is 0. The Morgan fingerprint density at radius 1 is 1.50 bits per heavy atom. The zero-order valence-electron chi connectivity index (χ0n) is 5.38. The third-order valence-electron chi connectivity index (χ3n) is 1.01. The van der Waals surface area contributed by atoms with Gasteiger partial charge in [0, 0.05) is 13.6 Å². The normalized spacial score (nSPS) is 12.5. The minimum Gasteiger partial charge on any atom is -0.213 e. The molecule has 0 N–H and O–H groups in total. The Morgan fingerprint density at radius 3 is 1.88 bits per heavy atom. The summed E-state index contributed by atoms with van der Waals surface area (Å²) in [7, 11) is -1.37. The summed E-state index contributed by atoms with van der Waals surface area (Å²) in [5.41, 5.74) is 0. The van der Waals surface area contributed by atoms with Gasteiger partial charge < -0.3 is 0 Å². The van der Waals surface area contributed by atoms with Gasteiger partial charge in [0.05, 0.1) is 6.26 Å². The molecule has 3 nitrogen and oxygen atoms in total. The van der Waals surface area contributed by atoms with Crippen LogP contribution in [-0.4, -0.2) is 32.6 Å². The molecule has 50 valence electrons. The van der Waals surface area contributed by atoms with Gasteiger partial charge in [-0.2, -0.15) is 0 Å². The first kappa shape index (κ1) is 7.91. The van der Waals surface area contributed by atoms with E-state index >= 15 is 0 Å². The summed E-state index contributed by atoms with van der Waals surface area (Å²) in [6, 6.07) is 0. The zero-order valence-corrected chi connectivity index (χ0v) is 6.20. The monoisotopic (exact) mass is 137 g/mol. The molecule has 0 unspecified atom stereocenters. The van der Waals surface area contributed by atoms with Crippen molar-refractivity contribution in [3.63, 3.8) is 0 Å². The molecule has 0 heterocycles. The Balaban J connectivity index is 4.04. The van der Waals surface area contributed by atoms with E-state index in [0.717, 1.165) is 0 Å². The molecule has 0 aliphatic carbocycles.